The predicted molar refractivity (Wildman–Crippen MR) is 85.4 cm³/mol. The number of oxime groups is 1. The third-order valence-corrected chi connectivity index (χ3v) is 4.39. The zero-order chi connectivity index (χ0) is 16.3. The Morgan fingerprint density at radius 1 is 1.05 bits per heavy atom. The highest BCUT2D eigenvalue weighted by atomic mass is 32.2. The van der Waals surface area contributed by atoms with Crippen molar-refractivity contribution < 1.29 is 17.4 Å². The van der Waals surface area contributed by atoms with E-state index >= 15 is 0 Å². The third kappa shape index (κ3) is 3.46. The first-order valence-electron chi connectivity index (χ1n) is 6.55. The van der Waals surface area contributed by atoms with E-state index in [2.05, 4.69) is 11.7 Å². The Bertz CT molecular complexity index is 760. The Hall–Kier alpha value is -2.34. The van der Waals surface area contributed by atoms with Crippen LogP contribution in [0.15, 0.2) is 69.8 Å². The van der Waals surface area contributed by atoms with E-state index in [0.29, 0.717) is 11.5 Å². The van der Waals surface area contributed by atoms with E-state index in [1.807, 2.05) is 13.8 Å². The van der Waals surface area contributed by atoms with E-state index in [1.54, 1.807) is 24.3 Å². The minimum absolute atomic E-state index is 0.0132. The van der Waals surface area contributed by atoms with Crippen molar-refractivity contribution in [3.8, 4) is 5.75 Å². The molecule has 0 unspecified atom stereocenters. The molecule has 0 spiro atoms. The summed E-state index contributed by atoms with van der Waals surface area (Å²) in [5.74, 6) is 0.563. The molecule has 6 heteroatoms. The van der Waals surface area contributed by atoms with E-state index in [0.717, 1.165) is 16.7 Å². The molecule has 0 atom stereocenters. The summed E-state index contributed by atoms with van der Waals surface area (Å²) in [5, 5.41) is 3.71. The van der Waals surface area contributed by atoms with E-state index in [9.17, 15) is 8.42 Å². The second-order valence-corrected chi connectivity index (χ2v) is 6.38. The largest absolute Gasteiger partial charge is 0.497 e. The number of rotatable bonds is 4. The van der Waals surface area contributed by atoms with Crippen LogP contribution in [0.3, 0.4) is 0 Å². The Kier molecular flexibility index (Phi) is 4.51. The molecule has 0 saturated carbocycles. The first-order chi connectivity index (χ1) is 10.3. The highest BCUT2D eigenvalue weighted by Gasteiger charge is 2.17. The molecular formula is C16H17NO4S. The SMILES string of the molecule is C=C1C(C)=CC(=NOS(=O)(=O)c2ccc(OC)cc2)C=C1C. The molecule has 5 nitrogen and oxygen atoms in total. The molecule has 0 aromatic heterocycles. The van der Waals surface area contributed by atoms with Gasteiger partial charge in [-0.3, -0.25) is 4.28 Å². The fourth-order valence-corrected chi connectivity index (χ4v) is 2.64. The van der Waals surface area contributed by atoms with Crippen molar-refractivity contribution in [2.75, 3.05) is 7.11 Å². The van der Waals surface area contributed by atoms with Crippen molar-refractivity contribution in [2.45, 2.75) is 18.7 Å². The van der Waals surface area contributed by atoms with Crippen molar-refractivity contribution in [1.82, 2.24) is 0 Å². The van der Waals surface area contributed by atoms with Gasteiger partial charge in [0.2, 0.25) is 0 Å². The fourth-order valence-electron chi connectivity index (χ4n) is 1.90. The third-order valence-electron chi connectivity index (χ3n) is 3.27. The summed E-state index contributed by atoms with van der Waals surface area (Å²) in [6, 6.07) is 5.89. The zero-order valence-electron chi connectivity index (χ0n) is 12.7. The van der Waals surface area contributed by atoms with Crippen LogP contribution in [0.2, 0.25) is 0 Å². The molecule has 0 amide bonds. The second-order valence-electron chi connectivity index (χ2n) is 4.85. The molecule has 1 aromatic rings. The lowest BCUT2D eigenvalue weighted by molar-refractivity contribution is 0.339. The molecule has 2 rings (SSSR count). The van der Waals surface area contributed by atoms with Gasteiger partial charge in [0.25, 0.3) is 0 Å². The van der Waals surface area contributed by atoms with Crippen LogP contribution in [0.25, 0.3) is 0 Å². The number of nitrogens with zero attached hydrogens (tertiary/aromatic N) is 1. The van der Waals surface area contributed by atoms with Crippen LogP contribution in [0.4, 0.5) is 0 Å². The lowest BCUT2D eigenvalue weighted by Gasteiger charge is -2.12. The quantitative estimate of drug-likeness (QED) is 0.799. The number of allylic oxidation sites excluding steroid dienone is 5. The van der Waals surface area contributed by atoms with Gasteiger partial charge in [-0.2, -0.15) is 8.42 Å². The van der Waals surface area contributed by atoms with Gasteiger partial charge >= 0.3 is 10.1 Å². The van der Waals surface area contributed by atoms with Crippen LogP contribution < -0.4 is 4.74 Å². The molecule has 1 aliphatic carbocycles. The second kappa shape index (κ2) is 6.19. The molecule has 22 heavy (non-hydrogen) atoms. The maximum Gasteiger partial charge on any atom is 0.358 e. The predicted octanol–water partition coefficient (Wildman–Crippen LogP) is 3.22. The molecule has 0 N–H and O–H groups in total. The Balaban J connectivity index is 2.22. The van der Waals surface area contributed by atoms with Crippen molar-refractivity contribution in [1.29, 1.82) is 0 Å². The summed E-state index contributed by atoms with van der Waals surface area (Å²) >= 11 is 0. The lowest BCUT2D eigenvalue weighted by atomic mass is 9.95. The first kappa shape index (κ1) is 16.0. The monoisotopic (exact) mass is 319 g/mol. The average molecular weight is 319 g/mol. The summed E-state index contributed by atoms with van der Waals surface area (Å²) in [7, 11) is -2.45. The number of benzene rings is 1. The molecule has 0 fully saturated rings. The highest BCUT2D eigenvalue weighted by Crippen LogP contribution is 2.22. The van der Waals surface area contributed by atoms with Crippen molar-refractivity contribution in [3.63, 3.8) is 0 Å². The first-order valence-corrected chi connectivity index (χ1v) is 7.96. The van der Waals surface area contributed by atoms with Crippen molar-refractivity contribution in [2.24, 2.45) is 5.16 Å². The van der Waals surface area contributed by atoms with Crippen LogP contribution in [-0.2, 0) is 14.4 Å². The van der Waals surface area contributed by atoms with Gasteiger partial charge < -0.3 is 4.74 Å². The Morgan fingerprint density at radius 3 is 2.09 bits per heavy atom. The van der Waals surface area contributed by atoms with Gasteiger partial charge in [-0.25, -0.2) is 0 Å². The molecule has 0 bridgehead atoms. The van der Waals surface area contributed by atoms with Crippen molar-refractivity contribution in [3.05, 3.63) is 59.7 Å². The van der Waals surface area contributed by atoms with Gasteiger partial charge in [0, 0.05) is 0 Å². The van der Waals surface area contributed by atoms with Gasteiger partial charge in [-0.15, -0.1) is 0 Å². The summed E-state index contributed by atoms with van der Waals surface area (Å²) in [6.07, 6.45) is 3.44. The number of hydrogen-bond donors (Lipinski definition) is 0. The van der Waals surface area contributed by atoms with Crippen LogP contribution in [0, 0.1) is 0 Å². The lowest BCUT2D eigenvalue weighted by Crippen LogP contribution is -2.07. The number of hydrogen-bond acceptors (Lipinski definition) is 5. The van der Waals surface area contributed by atoms with Crippen LogP contribution in [-0.4, -0.2) is 21.2 Å². The van der Waals surface area contributed by atoms with Gasteiger partial charge in [0.05, 0.1) is 7.11 Å². The number of ether oxygens (including phenoxy) is 1. The highest BCUT2D eigenvalue weighted by molar-refractivity contribution is 7.86. The van der Waals surface area contributed by atoms with Crippen LogP contribution >= 0.6 is 0 Å². The maximum atomic E-state index is 12.1. The molecule has 116 valence electrons. The van der Waals surface area contributed by atoms with Crippen LogP contribution in [0.1, 0.15) is 13.8 Å². The summed E-state index contributed by atoms with van der Waals surface area (Å²) in [6.45, 7) is 7.68. The smallest absolute Gasteiger partial charge is 0.358 e. The van der Waals surface area contributed by atoms with Gasteiger partial charge in [0.15, 0.2) is 0 Å². The zero-order valence-corrected chi connectivity index (χ0v) is 13.5. The Labute approximate surface area is 130 Å². The minimum atomic E-state index is -3.96. The average Bonchev–Trinajstić information content (AvgIpc) is 2.50. The standard InChI is InChI=1S/C16H17NO4S/c1-11-9-14(10-12(2)13(11)3)17-21-22(18,19)16-7-5-15(20-4)6-8-16/h5-10H,3H2,1-2,4H3. The summed E-state index contributed by atoms with van der Waals surface area (Å²) < 4.78 is 33.9. The molecule has 0 saturated heterocycles. The fraction of sp³-hybridized carbons (Fsp3) is 0.188. The molecule has 0 radical (unpaired) electrons. The Morgan fingerprint density at radius 2 is 1.59 bits per heavy atom. The topological polar surface area (TPSA) is 65.0 Å². The summed E-state index contributed by atoms with van der Waals surface area (Å²) in [5.41, 5.74) is 3.17. The molecule has 0 aliphatic heterocycles. The van der Waals surface area contributed by atoms with E-state index in [4.69, 9.17) is 9.02 Å². The van der Waals surface area contributed by atoms with E-state index < -0.39 is 10.1 Å². The number of methoxy groups -OCH3 is 1. The van der Waals surface area contributed by atoms with Gasteiger partial charge in [-0.1, -0.05) is 11.7 Å². The summed E-state index contributed by atoms with van der Waals surface area (Å²) in [4.78, 5) is 0.0132. The molecule has 1 aromatic carbocycles. The van der Waals surface area contributed by atoms with Gasteiger partial charge in [0.1, 0.15) is 16.4 Å². The van der Waals surface area contributed by atoms with Crippen molar-refractivity contribution >= 4 is 15.8 Å². The minimum Gasteiger partial charge on any atom is -0.497 e. The maximum absolute atomic E-state index is 12.1. The van der Waals surface area contributed by atoms with E-state index in [-0.39, 0.29) is 4.90 Å². The van der Waals surface area contributed by atoms with Crippen LogP contribution in [0.5, 0.6) is 5.75 Å². The van der Waals surface area contributed by atoms with E-state index in [1.165, 1.54) is 19.2 Å². The molecular weight excluding hydrogens is 302 g/mol. The molecule has 0 heterocycles. The van der Waals surface area contributed by atoms with Gasteiger partial charge in [-0.05, 0) is 67.0 Å². The normalized spacial score (nSPS) is 15.0. The molecule has 1 aliphatic rings.